The molecule has 10 heteroatoms. The van der Waals surface area contributed by atoms with Crippen LogP contribution in [0.3, 0.4) is 0 Å². The van der Waals surface area contributed by atoms with Crippen molar-refractivity contribution in [1.29, 1.82) is 5.26 Å². The number of pyridine rings is 1. The van der Waals surface area contributed by atoms with Gasteiger partial charge < -0.3 is 14.7 Å². The van der Waals surface area contributed by atoms with Gasteiger partial charge in [0.05, 0.1) is 23.6 Å². The highest BCUT2D eigenvalue weighted by molar-refractivity contribution is 7.85. The Hall–Kier alpha value is -4.07. The van der Waals surface area contributed by atoms with E-state index in [-0.39, 0.29) is 15.6 Å². The van der Waals surface area contributed by atoms with Crippen molar-refractivity contribution in [2.75, 3.05) is 0 Å². The van der Waals surface area contributed by atoms with E-state index in [9.17, 15) is 23.1 Å². The highest BCUT2D eigenvalue weighted by Crippen LogP contribution is 2.28. The lowest BCUT2D eigenvalue weighted by Gasteiger charge is -2.05. The molecule has 0 saturated heterocycles. The van der Waals surface area contributed by atoms with Gasteiger partial charge in [-0.05, 0) is 54.3 Å². The van der Waals surface area contributed by atoms with Gasteiger partial charge in [0.1, 0.15) is 16.3 Å². The lowest BCUT2D eigenvalue weighted by molar-refractivity contribution is -0.634. The van der Waals surface area contributed by atoms with Gasteiger partial charge in [0.15, 0.2) is 0 Å². The Labute approximate surface area is 184 Å². The van der Waals surface area contributed by atoms with Crippen molar-refractivity contribution in [3.8, 4) is 17.3 Å². The van der Waals surface area contributed by atoms with E-state index in [1.807, 2.05) is 25.1 Å². The van der Waals surface area contributed by atoms with Crippen molar-refractivity contribution in [2.45, 2.75) is 11.8 Å². The minimum absolute atomic E-state index is 0.0119. The fraction of sp³-hybridized carbons (Fsp3) is 0.0909. The monoisotopic (exact) mass is 450 g/mol. The van der Waals surface area contributed by atoms with Crippen LogP contribution in [0, 0.1) is 28.4 Å². The molecule has 2 aromatic heterocycles. The number of imidazole rings is 1. The van der Waals surface area contributed by atoms with E-state index in [2.05, 4.69) is 0 Å². The van der Waals surface area contributed by atoms with Crippen LogP contribution in [-0.4, -0.2) is 22.3 Å². The summed E-state index contributed by atoms with van der Waals surface area (Å²) in [5.41, 5.74) is 3.39. The number of fused-ring (bicyclic) bond motifs is 1. The maximum absolute atomic E-state index is 11.5. The minimum atomic E-state index is -4.27. The molecular formula is C22H18N4O5S. The summed E-state index contributed by atoms with van der Waals surface area (Å²) in [5, 5.41) is 20.3. The molecule has 0 aliphatic carbocycles. The minimum Gasteiger partial charge on any atom is -0.744 e. The van der Waals surface area contributed by atoms with Crippen LogP contribution < -0.4 is 4.57 Å². The Kier molecular flexibility index (Phi) is 6.34. The van der Waals surface area contributed by atoms with Crippen molar-refractivity contribution in [3.05, 3.63) is 94.2 Å². The third-order valence-electron chi connectivity index (χ3n) is 4.73. The molecule has 0 radical (unpaired) electrons. The van der Waals surface area contributed by atoms with Crippen LogP contribution in [0.2, 0.25) is 0 Å². The molecule has 0 bridgehead atoms. The summed E-state index contributed by atoms with van der Waals surface area (Å²) in [6.45, 7) is 1.82. The summed E-state index contributed by atoms with van der Waals surface area (Å²) in [4.78, 5) is 10.9. The molecule has 4 rings (SSSR count). The zero-order valence-corrected chi connectivity index (χ0v) is 18.0. The van der Waals surface area contributed by atoms with Crippen LogP contribution in [0.25, 0.3) is 16.9 Å². The second-order valence-corrected chi connectivity index (χ2v) is 8.25. The molecule has 0 amide bonds. The van der Waals surface area contributed by atoms with Gasteiger partial charge in [0, 0.05) is 11.6 Å². The normalized spacial score (nSPS) is 10.8. The molecule has 0 N–H and O–H groups in total. The summed E-state index contributed by atoms with van der Waals surface area (Å²) < 4.78 is 34.5. The first-order chi connectivity index (χ1) is 15.1. The van der Waals surface area contributed by atoms with Gasteiger partial charge in [0.2, 0.25) is 5.69 Å². The van der Waals surface area contributed by atoms with Crippen LogP contribution in [-0.2, 0) is 17.2 Å². The van der Waals surface area contributed by atoms with Crippen LogP contribution in [0.4, 0.5) is 5.82 Å². The van der Waals surface area contributed by atoms with Crippen LogP contribution >= 0.6 is 0 Å². The topological polar surface area (TPSA) is 132 Å². The van der Waals surface area contributed by atoms with Crippen molar-refractivity contribution in [3.63, 3.8) is 0 Å². The van der Waals surface area contributed by atoms with E-state index in [0.29, 0.717) is 16.8 Å². The smallest absolute Gasteiger partial charge is 0.378 e. The highest BCUT2D eigenvalue weighted by Gasteiger charge is 2.29. The molecule has 0 atom stereocenters. The molecule has 0 aliphatic rings. The van der Waals surface area contributed by atoms with Crippen LogP contribution in [0.1, 0.15) is 11.1 Å². The average Bonchev–Trinajstić information content (AvgIpc) is 3.07. The average molecular weight is 450 g/mol. The summed E-state index contributed by atoms with van der Waals surface area (Å²) >= 11 is 0. The molecule has 0 spiro atoms. The van der Waals surface area contributed by atoms with E-state index in [1.165, 1.54) is 12.1 Å². The molecule has 32 heavy (non-hydrogen) atoms. The maximum atomic E-state index is 11.5. The molecule has 162 valence electrons. The predicted molar refractivity (Wildman–Crippen MR) is 115 cm³/mol. The standard InChI is InChI=1S/C15H11N4O2.C7H8O3S/c1-17-13-4-2-3-9-18(13)15(19(20)21)14(17)12-7-5-11(10-16)6-8-12;1-6-2-4-7(5-3-6)11(8,9)10/h2-9H,1H3;2-5H,1H3,(H,8,9,10)/q+1;/p-1. The van der Waals surface area contributed by atoms with Gasteiger partial charge in [0.25, 0.3) is 5.65 Å². The van der Waals surface area contributed by atoms with Crippen molar-refractivity contribution < 1.29 is 22.5 Å². The van der Waals surface area contributed by atoms with Gasteiger partial charge in [-0.2, -0.15) is 9.66 Å². The number of aryl methyl sites for hydroxylation is 2. The number of benzene rings is 2. The zero-order chi connectivity index (χ0) is 23.5. The quantitative estimate of drug-likeness (QED) is 0.204. The Bertz CT molecular complexity index is 1430. The molecule has 0 unspecified atom stereocenters. The summed E-state index contributed by atoms with van der Waals surface area (Å²) in [6, 6.07) is 20.0. The Morgan fingerprint density at radius 2 is 1.66 bits per heavy atom. The van der Waals surface area contributed by atoms with E-state index >= 15 is 0 Å². The zero-order valence-electron chi connectivity index (χ0n) is 17.2. The number of rotatable bonds is 3. The maximum Gasteiger partial charge on any atom is 0.378 e. The first kappa shape index (κ1) is 22.6. The number of nitriles is 1. The second kappa shape index (κ2) is 8.97. The first-order valence-electron chi connectivity index (χ1n) is 9.30. The fourth-order valence-corrected chi connectivity index (χ4v) is 3.64. The number of nitrogens with zero attached hydrogens (tertiary/aromatic N) is 4. The molecule has 0 aliphatic heterocycles. The van der Waals surface area contributed by atoms with Gasteiger partial charge in [-0.3, -0.25) is 0 Å². The fourth-order valence-electron chi connectivity index (χ4n) is 3.17. The first-order valence-corrected chi connectivity index (χ1v) is 10.7. The summed E-state index contributed by atoms with van der Waals surface area (Å²) in [7, 11) is -2.48. The molecule has 0 saturated carbocycles. The highest BCUT2D eigenvalue weighted by atomic mass is 32.2. The van der Waals surface area contributed by atoms with E-state index in [0.717, 1.165) is 11.2 Å². The van der Waals surface area contributed by atoms with Crippen molar-refractivity contribution in [1.82, 2.24) is 4.40 Å². The lowest BCUT2D eigenvalue weighted by atomic mass is 10.1. The number of hydrogen-bond acceptors (Lipinski definition) is 6. The molecule has 0 fully saturated rings. The second-order valence-electron chi connectivity index (χ2n) is 6.87. The molecule has 9 nitrogen and oxygen atoms in total. The molecule has 2 aromatic carbocycles. The largest absolute Gasteiger partial charge is 0.744 e. The molecule has 4 aromatic rings. The predicted octanol–water partition coefficient (Wildman–Crippen LogP) is 3.11. The SMILES string of the molecule is C[n+]1c(-c2ccc(C#N)cc2)c([N+](=O)[O-])n2ccccc21.Cc1ccc(S(=O)(=O)[O-])cc1. The molecule has 2 heterocycles. The van der Waals surface area contributed by atoms with Gasteiger partial charge in [-0.15, -0.1) is 0 Å². The van der Waals surface area contributed by atoms with E-state index in [1.54, 1.807) is 64.7 Å². The number of aromatic nitrogens is 2. The Balaban J connectivity index is 0.000000222. The van der Waals surface area contributed by atoms with Crippen LogP contribution in [0.15, 0.2) is 77.8 Å². The van der Waals surface area contributed by atoms with Crippen LogP contribution in [0.5, 0.6) is 0 Å². The number of hydrogen-bond donors (Lipinski definition) is 0. The Morgan fingerprint density at radius 1 is 1.03 bits per heavy atom. The van der Waals surface area contributed by atoms with Gasteiger partial charge in [-0.25, -0.2) is 13.0 Å². The van der Waals surface area contributed by atoms with E-state index < -0.39 is 10.1 Å². The van der Waals surface area contributed by atoms with Gasteiger partial charge >= 0.3 is 5.82 Å². The van der Waals surface area contributed by atoms with E-state index in [4.69, 9.17) is 5.26 Å². The Morgan fingerprint density at radius 3 is 2.19 bits per heavy atom. The lowest BCUT2D eigenvalue weighted by Crippen LogP contribution is -2.29. The van der Waals surface area contributed by atoms with Gasteiger partial charge in [-0.1, -0.05) is 23.8 Å². The van der Waals surface area contributed by atoms with Crippen molar-refractivity contribution in [2.24, 2.45) is 7.05 Å². The third-order valence-corrected chi connectivity index (χ3v) is 5.58. The third kappa shape index (κ3) is 4.64. The summed E-state index contributed by atoms with van der Waals surface area (Å²) in [6.07, 6.45) is 1.67. The summed E-state index contributed by atoms with van der Waals surface area (Å²) in [5.74, 6) is 0.0119. The number of nitro groups is 1. The van der Waals surface area contributed by atoms with Crippen molar-refractivity contribution >= 4 is 21.6 Å². The molecular weight excluding hydrogens is 432 g/mol.